The van der Waals surface area contributed by atoms with Gasteiger partial charge in [0.25, 0.3) is 0 Å². The van der Waals surface area contributed by atoms with Gasteiger partial charge in [0.1, 0.15) is 5.75 Å². The van der Waals surface area contributed by atoms with Crippen molar-refractivity contribution in [2.45, 2.75) is 51.7 Å². The molecule has 1 saturated carbocycles. The van der Waals surface area contributed by atoms with Gasteiger partial charge in [0, 0.05) is 6.54 Å². The number of aliphatic hydroxyl groups excluding tert-OH is 1. The molecule has 1 aliphatic rings. The predicted molar refractivity (Wildman–Crippen MR) is 81.9 cm³/mol. The molecule has 3 nitrogen and oxygen atoms in total. The van der Waals surface area contributed by atoms with Crippen LogP contribution in [0.5, 0.6) is 5.75 Å². The minimum atomic E-state index is -0.0568. The van der Waals surface area contributed by atoms with Gasteiger partial charge in [-0.25, -0.2) is 0 Å². The molecular weight excluding hydrogens is 250 g/mol. The Bertz CT molecular complexity index is 386. The maximum Gasteiger partial charge on any atom is 0.119 e. The van der Waals surface area contributed by atoms with Crippen LogP contribution in [0, 0.1) is 5.92 Å². The molecule has 0 amide bonds. The van der Waals surface area contributed by atoms with E-state index >= 15 is 0 Å². The van der Waals surface area contributed by atoms with Crippen molar-refractivity contribution in [3.63, 3.8) is 0 Å². The van der Waals surface area contributed by atoms with Gasteiger partial charge in [0.05, 0.1) is 12.7 Å². The summed E-state index contributed by atoms with van der Waals surface area (Å²) in [6.45, 7) is 4.84. The third-order valence-corrected chi connectivity index (χ3v) is 3.95. The Labute approximate surface area is 122 Å². The van der Waals surface area contributed by atoms with E-state index in [1.54, 1.807) is 0 Å². The molecule has 2 N–H and O–H groups in total. The van der Waals surface area contributed by atoms with Gasteiger partial charge in [-0.2, -0.15) is 0 Å². The zero-order chi connectivity index (χ0) is 14.2. The molecular formula is C17H27NO2. The molecule has 0 saturated heterocycles. The Hall–Kier alpha value is -1.06. The number of aliphatic hydroxyl groups is 1. The molecule has 3 heteroatoms. The molecule has 0 aromatic heterocycles. The van der Waals surface area contributed by atoms with Crippen LogP contribution in [0.15, 0.2) is 24.3 Å². The molecule has 112 valence electrons. The highest BCUT2D eigenvalue weighted by Crippen LogP contribution is 2.23. The number of hydrogen-bond acceptors (Lipinski definition) is 3. The van der Waals surface area contributed by atoms with Crippen LogP contribution in [0.3, 0.4) is 0 Å². The van der Waals surface area contributed by atoms with Gasteiger partial charge in [0.2, 0.25) is 0 Å². The van der Waals surface area contributed by atoms with E-state index in [1.165, 1.54) is 5.56 Å². The number of rotatable bonds is 7. The van der Waals surface area contributed by atoms with Crippen molar-refractivity contribution >= 4 is 0 Å². The Morgan fingerprint density at radius 1 is 1.25 bits per heavy atom. The molecule has 1 aliphatic carbocycles. The first-order valence-corrected chi connectivity index (χ1v) is 7.88. The molecule has 0 heterocycles. The highest BCUT2D eigenvalue weighted by atomic mass is 16.5. The van der Waals surface area contributed by atoms with Crippen LogP contribution in [0.4, 0.5) is 0 Å². The summed E-state index contributed by atoms with van der Waals surface area (Å²) < 4.78 is 5.65. The van der Waals surface area contributed by atoms with Crippen LogP contribution < -0.4 is 10.1 Å². The van der Waals surface area contributed by atoms with Gasteiger partial charge < -0.3 is 15.2 Å². The van der Waals surface area contributed by atoms with Crippen molar-refractivity contribution in [1.82, 2.24) is 5.32 Å². The van der Waals surface area contributed by atoms with Crippen molar-refractivity contribution in [3.8, 4) is 5.75 Å². The van der Waals surface area contributed by atoms with E-state index in [9.17, 15) is 5.11 Å². The van der Waals surface area contributed by atoms with E-state index in [0.29, 0.717) is 0 Å². The smallest absolute Gasteiger partial charge is 0.119 e. The molecule has 0 atom stereocenters. The van der Waals surface area contributed by atoms with Gasteiger partial charge in [-0.05, 0) is 62.3 Å². The minimum Gasteiger partial charge on any atom is -0.494 e. The normalized spacial score (nSPS) is 22.7. The molecule has 1 aromatic rings. The van der Waals surface area contributed by atoms with Crippen LogP contribution in [0.2, 0.25) is 0 Å². The lowest BCUT2D eigenvalue weighted by Crippen LogP contribution is -2.27. The lowest BCUT2D eigenvalue weighted by atomic mass is 9.87. The molecule has 20 heavy (non-hydrogen) atoms. The largest absolute Gasteiger partial charge is 0.494 e. The van der Waals surface area contributed by atoms with Crippen LogP contribution in [-0.2, 0) is 6.54 Å². The molecule has 1 fully saturated rings. The molecule has 2 rings (SSSR count). The molecule has 0 bridgehead atoms. The van der Waals surface area contributed by atoms with Crippen molar-refractivity contribution < 1.29 is 9.84 Å². The van der Waals surface area contributed by atoms with Crippen LogP contribution in [-0.4, -0.2) is 24.4 Å². The highest BCUT2D eigenvalue weighted by molar-refractivity contribution is 5.28. The van der Waals surface area contributed by atoms with Gasteiger partial charge >= 0.3 is 0 Å². The summed E-state index contributed by atoms with van der Waals surface area (Å²) in [6, 6.07) is 8.32. The summed E-state index contributed by atoms with van der Waals surface area (Å²) in [6.07, 6.45) is 5.20. The maximum atomic E-state index is 9.50. The van der Waals surface area contributed by atoms with Gasteiger partial charge in [-0.15, -0.1) is 0 Å². The fourth-order valence-corrected chi connectivity index (χ4v) is 2.73. The van der Waals surface area contributed by atoms with E-state index in [2.05, 4.69) is 30.4 Å². The second-order valence-corrected chi connectivity index (χ2v) is 5.80. The summed E-state index contributed by atoms with van der Waals surface area (Å²) in [4.78, 5) is 0. The van der Waals surface area contributed by atoms with E-state index in [0.717, 1.165) is 63.5 Å². The zero-order valence-corrected chi connectivity index (χ0v) is 12.5. The van der Waals surface area contributed by atoms with Gasteiger partial charge in [0.15, 0.2) is 0 Å². The van der Waals surface area contributed by atoms with Crippen molar-refractivity contribution in [2.24, 2.45) is 5.92 Å². The van der Waals surface area contributed by atoms with Crippen molar-refractivity contribution in [3.05, 3.63) is 29.8 Å². The average Bonchev–Trinajstić information content (AvgIpc) is 2.48. The predicted octanol–water partition coefficient (Wildman–Crippen LogP) is 3.12. The molecule has 0 unspecified atom stereocenters. The highest BCUT2D eigenvalue weighted by Gasteiger charge is 2.18. The zero-order valence-electron chi connectivity index (χ0n) is 12.5. The van der Waals surface area contributed by atoms with Crippen LogP contribution >= 0.6 is 0 Å². The molecule has 1 aromatic carbocycles. The third kappa shape index (κ3) is 5.14. The third-order valence-electron chi connectivity index (χ3n) is 3.95. The Balaban J connectivity index is 1.70. The number of ether oxygens (including phenoxy) is 1. The monoisotopic (exact) mass is 277 g/mol. The molecule has 0 spiro atoms. The fraction of sp³-hybridized carbons (Fsp3) is 0.647. The maximum absolute atomic E-state index is 9.50. The van der Waals surface area contributed by atoms with Gasteiger partial charge in [-0.1, -0.05) is 19.1 Å². The fourth-order valence-electron chi connectivity index (χ4n) is 2.73. The second-order valence-electron chi connectivity index (χ2n) is 5.80. The first-order chi connectivity index (χ1) is 9.78. The lowest BCUT2D eigenvalue weighted by molar-refractivity contribution is 0.108. The summed E-state index contributed by atoms with van der Waals surface area (Å²) in [7, 11) is 0. The lowest BCUT2D eigenvalue weighted by Gasteiger charge is -2.25. The Kier molecular flexibility index (Phi) is 6.34. The summed E-state index contributed by atoms with van der Waals surface area (Å²) in [5.74, 6) is 1.69. The first-order valence-electron chi connectivity index (χ1n) is 7.88. The SMILES string of the molecule is CCCOc1cccc(CNCC2CCC(O)CC2)c1. The average molecular weight is 277 g/mol. The van der Waals surface area contributed by atoms with E-state index < -0.39 is 0 Å². The standard InChI is InChI=1S/C17H27NO2/c1-2-10-20-17-5-3-4-15(11-17)13-18-12-14-6-8-16(19)9-7-14/h3-5,11,14,16,18-19H,2,6-10,12-13H2,1H3. The summed E-state index contributed by atoms with van der Waals surface area (Å²) >= 11 is 0. The number of benzene rings is 1. The summed E-state index contributed by atoms with van der Waals surface area (Å²) in [5, 5.41) is 13.0. The van der Waals surface area contributed by atoms with E-state index in [-0.39, 0.29) is 6.10 Å². The molecule has 0 radical (unpaired) electrons. The van der Waals surface area contributed by atoms with Gasteiger partial charge in [-0.3, -0.25) is 0 Å². The Morgan fingerprint density at radius 3 is 2.80 bits per heavy atom. The summed E-state index contributed by atoms with van der Waals surface area (Å²) in [5.41, 5.74) is 1.27. The van der Waals surface area contributed by atoms with E-state index in [4.69, 9.17) is 4.74 Å². The number of hydrogen-bond donors (Lipinski definition) is 2. The number of nitrogens with one attached hydrogen (secondary N) is 1. The minimum absolute atomic E-state index is 0.0568. The first kappa shape index (κ1) is 15.3. The second kappa shape index (κ2) is 8.28. The quantitative estimate of drug-likeness (QED) is 0.804. The topological polar surface area (TPSA) is 41.5 Å². The van der Waals surface area contributed by atoms with Crippen molar-refractivity contribution in [2.75, 3.05) is 13.2 Å². The van der Waals surface area contributed by atoms with Crippen LogP contribution in [0.1, 0.15) is 44.6 Å². The molecule has 0 aliphatic heterocycles. The van der Waals surface area contributed by atoms with Crippen LogP contribution in [0.25, 0.3) is 0 Å². The van der Waals surface area contributed by atoms with Crippen molar-refractivity contribution in [1.29, 1.82) is 0 Å². The van der Waals surface area contributed by atoms with E-state index in [1.807, 2.05) is 6.07 Å². The Morgan fingerprint density at radius 2 is 2.05 bits per heavy atom.